The normalized spacial score (nSPS) is 17.2. The fourth-order valence-corrected chi connectivity index (χ4v) is 2.66. The Kier molecular flexibility index (Phi) is 3.10. The van der Waals surface area contributed by atoms with Crippen molar-refractivity contribution in [1.82, 2.24) is 19.7 Å². The average Bonchev–Trinajstić information content (AvgIpc) is 2.67. The molecular weight excluding hydrogens is 244 g/mol. The van der Waals surface area contributed by atoms with Crippen LogP contribution in [0.15, 0.2) is 4.79 Å². The van der Waals surface area contributed by atoms with Crippen molar-refractivity contribution < 1.29 is 4.74 Å². The van der Waals surface area contributed by atoms with Crippen LogP contribution in [0.2, 0.25) is 0 Å². The minimum absolute atomic E-state index is 0.0989. The lowest BCUT2D eigenvalue weighted by Crippen LogP contribution is -2.21. The number of ether oxygens (including phenoxy) is 1. The second-order valence-corrected chi connectivity index (χ2v) is 5.17. The van der Waals surface area contributed by atoms with Gasteiger partial charge in [-0.15, -0.1) is 0 Å². The predicted molar refractivity (Wildman–Crippen MR) is 71.2 cm³/mol. The third-order valence-electron chi connectivity index (χ3n) is 3.67. The van der Waals surface area contributed by atoms with Gasteiger partial charge in [-0.05, 0) is 32.6 Å². The number of hydrogen-bond donors (Lipinski definition) is 1. The van der Waals surface area contributed by atoms with Crippen molar-refractivity contribution in [1.29, 1.82) is 0 Å². The number of fused-ring (bicyclic) bond motifs is 1. The number of nitrogens with zero attached hydrogens (tertiary/aromatic N) is 3. The molecule has 0 saturated carbocycles. The number of aromatic amines is 1. The molecule has 0 unspecified atom stereocenters. The summed E-state index contributed by atoms with van der Waals surface area (Å²) >= 11 is 0. The van der Waals surface area contributed by atoms with Crippen molar-refractivity contribution in [2.45, 2.75) is 33.2 Å². The molecular formula is C13H18N4O2. The summed E-state index contributed by atoms with van der Waals surface area (Å²) in [4.78, 5) is 19.1. The Morgan fingerprint density at radius 3 is 2.84 bits per heavy atom. The number of H-pyrrole nitrogens is 1. The van der Waals surface area contributed by atoms with Crippen LogP contribution in [0.5, 0.6) is 0 Å². The molecule has 1 fully saturated rings. The lowest BCUT2D eigenvalue weighted by molar-refractivity contribution is 0.0605. The smallest absolute Gasteiger partial charge is 0.262 e. The quantitative estimate of drug-likeness (QED) is 0.881. The molecule has 0 aromatic carbocycles. The molecule has 1 N–H and O–H groups in total. The van der Waals surface area contributed by atoms with Crippen molar-refractivity contribution in [2.24, 2.45) is 5.92 Å². The van der Waals surface area contributed by atoms with E-state index in [-0.39, 0.29) is 5.56 Å². The van der Waals surface area contributed by atoms with Gasteiger partial charge in [0.15, 0.2) is 5.65 Å². The van der Waals surface area contributed by atoms with Gasteiger partial charge in [-0.2, -0.15) is 5.10 Å². The molecule has 0 radical (unpaired) electrons. The highest BCUT2D eigenvalue weighted by atomic mass is 16.5. The molecule has 102 valence electrons. The van der Waals surface area contributed by atoms with E-state index < -0.39 is 0 Å². The second kappa shape index (κ2) is 4.77. The topological polar surface area (TPSA) is 72.8 Å². The lowest BCUT2D eigenvalue weighted by atomic mass is 10.0. The van der Waals surface area contributed by atoms with Gasteiger partial charge in [-0.3, -0.25) is 4.79 Å². The molecule has 1 saturated heterocycles. The van der Waals surface area contributed by atoms with Crippen LogP contribution in [0.1, 0.15) is 24.4 Å². The van der Waals surface area contributed by atoms with E-state index in [0.717, 1.165) is 38.3 Å². The molecule has 3 rings (SSSR count). The number of nitrogens with one attached hydrogen (secondary N) is 1. The maximum Gasteiger partial charge on any atom is 0.262 e. The molecule has 0 spiro atoms. The SMILES string of the molecule is Cc1nc2c(c(C)nn2CC2CCOCC2)c(=O)[nH]1. The summed E-state index contributed by atoms with van der Waals surface area (Å²) in [5.41, 5.74) is 1.35. The second-order valence-electron chi connectivity index (χ2n) is 5.17. The van der Waals surface area contributed by atoms with Crippen molar-refractivity contribution in [3.8, 4) is 0 Å². The van der Waals surface area contributed by atoms with Crippen molar-refractivity contribution >= 4 is 11.0 Å². The molecule has 1 aliphatic heterocycles. The van der Waals surface area contributed by atoms with Crippen molar-refractivity contribution in [3.63, 3.8) is 0 Å². The first kappa shape index (κ1) is 12.3. The molecule has 3 heterocycles. The van der Waals surface area contributed by atoms with E-state index in [9.17, 15) is 4.79 Å². The molecule has 2 aromatic heterocycles. The highest BCUT2D eigenvalue weighted by Gasteiger charge is 2.18. The monoisotopic (exact) mass is 262 g/mol. The first-order chi connectivity index (χ1) is 9.15. The minimum atomic E-state index is -0.0989. The Hall–Kier alpha value is -1.69. The highest BCUT2D eigenvalue weighted by Crippen LogP contribution is 2.19. The molecule has 6 heteroatoms. The Balaban J connectivity index is 2.01. The van der Waals surface area contributed by atoms with Gasteiger partial charge in [0.25, 0.3) is 5.56 Å². The minimum Gasteiger partial charge on any atom is -0.381 e. The van der Waals surface area contributed by atoms with Crippen LogP contribution in [0.25, 0.3) is 11.0 Å². The summed E-state index contributed by atoms with van der Waals surface area (Å²) in [6, 6.07) is 0. The average molecular weight is 262 g/mol. The maximum atomic E-state index is 12.0. The molecule has 19 heavy (non-hydrogen) atoms. The Morgan fingerprint density at radius 2 is 2.11 bits per heavy atom. The van der Waals surface area contributed by atoms with Crippen LogP contribution in [0.4, 0.5) is 0 Å². The number of aryl methyl sites for hydroxylation is 2. The molecule has 0 atom stereocenters. The Bertz CT molecular complexity index is 652. The molecule has 0 bridgehead atoms. The molecule has 0 aliphatic carbocycles. The zero-order valence-electron chi connectivity index (χ0n) is 11.3. The molecule has 2 aromatic rings. The van der Waals surface area contributed by atoms with E-state index in [1.54, 1.807) is 6.92 Å². The van der Waals surface area contributed by atoms with Gasteiger partial charge in [-0.1, -0.05) is 0 Å². The number of rotatable bonds is 2. The zero-order valence-corrected chi connectivity index (χ0v) is 11.3. The van der Waals surface area contributed by atoms with E-state index in [2.05, 4.69) is 15.1 Å². The van der Waals surface area contributed by atoms with Gasteiger partial charge in [0.05, 0.1) is 5.69 Å². The number of aromatic nitrogens is 4. The lowest BCUT2D eigenvalue weighted by Gasteiger charge is -2.21. The third kappa shape index (κ3) is 2.28. The van der Waals surface area contributed by atoms with Gasteiger partial charge < -0.3 is 9.72 Å². The van der Waals surface area contributed by atoms with E-state index in [0.29, 0.717) is 22.8 Å². The predicted octanol–water partition coefficient (Wildman–Crippen LogP) is 1.16. The van der Waals surface area contributed by atoms with Gasteiger partial charge >= 0.3 is 0 Å². The van der Waals surface area contributed by atoms with Crippen molar-refractivity contribution in [3.05, 3.63) is 21.9 Å². The van der Waals surface area contributed by atoms with Gasteiger partial charge in [-0.25, -0.2) is 9.67 Å². The maximum absolute atomic E-state index is 12.0. The largest absolute Gasteiger partial charge is 0.381 e. The first-order valence-electron chi connectivity index (χ1n) is 6.67. The summed E-state index contributed by atoms with van der Waals surface area (Å²) in [6.07, 6.45) is 2.09. The molecule has 0 amide bonds. The van der Waals surface area contributed by atoms with Gasteiger partial charge in [0.1, 0.15) is 11.2 Å². The third-order valence-corrected chi connectivity index (χ3v) is 3.67. The summed E-state index contributed by atoms with van der Waals surface area (Å²) < 4.78 is 7.25. The van der Waals surface area contributed by atoms with E-state index in [1.165, 1.54) is 0 Å². The Labute approximate surface area is 110 Å². The number of hydrogen-bond acceptors (Lipinski definition) is 4. The van der Waals surface area contributed by atoms with Crippen LogP contribution in [-0.4, -0.2) is 33.0 Å². The summed E-state index contributed by atoms with van der Waals surface area (Å²) in [5, 5.41) is 5.09. The van der Waals surface area contributed by atoms with Crippen LogP contribution >= 0.6 is 0 Å². The zero-order chi connectivity index (χ0) is 13.4. The summed E-state index contributed by atoms with van der Waals surface area (Å²) in [5.74, 6) is 1.18. The van der Waals surface area contributed by atoms with E-state index in [4.69, 9.17) is 4.74 Å². The van der Waals surface area contributed by atoms with Crippen LogP contribution in [0, 0.1) is 19.8 Å². The van der Waals surface area contributed by atoms with Crippen molar-refractivity contribution in [2.75, 3.05) is 13.2 Å². The summed E-state index contributed by atoms with van der Waals surface area (Å²) in [6.45, 7) is 6.09. The van der Waals surface area contributed by atoms with Gasteiger partial charge in [0, 0.05) is 19.8 Å². The molecule has 1 aliphatic rings. The molecule has 6 nitrogen and oxygen atoms in total. The van der Waals surface area contributed by atoms with Crippen LogP contribution in [0.3, 0.4) is 0 Å². The standard InChI is InChI=1S/C13H18N4O2/c1-8-11-12(14-9(2)15-13(11)18)17(16-8)7-10-3-5-19-6-4-10/h10H,3-7H2,1-2H3,(H,14,15,18). The van der Waals surface area contributed by atoms with Gasteiger partial charge in [0.2, 0.25) is 0 Å². The summed E-state index contributed by atoms with van der Waals surface area (Å²) in [7, 11) is 0. The van der Waals surface area contributed by atoms with E-state index >= 15 is 0 Å². The van der Waals surface area contributed by atoms with E-state index in [1.807, 2.05) is 11.6 Å². The fraction of sp³-hybridized carbons (Fsp3) is 0.615. The Morgan fingerprint density at radius 1 is 1.37 bits per heavy atom. The van der Waals surface area contributed by atoms with Crippen LogP contribution in [-0.2, 0) is 11.3 Å². The first-order valence-corrected chi connectivity index (χ1v) is 6.67. The fourth-order valence-electron chi connectivity index (χ4n) is 2.66. The highest BCUT2D eigenvalue weighted by molar-refractivity contribution is 5.76. The van der Waals surface area contributed by atoms with Crippen LogP contribution < -0.4 is 5.56 Å².